The summed E-state index contributed by atoms with van der Waals surface area (Å²) >= 11 is 6.13. The summed E-state index contributed by atoms with van der Waals surface area (Å²) < 4.78 is 16.1. The molecule has 0 unspecified atom stereocenters. The average molecular weight is 425 g/mol. The lowest BCUT2D eigenvalue weighted by Crippen LogP contribution is -2.17. The molecule has 3 aromatic carbocycles. The van der Waals surface area contributed by atoms with Gasteiger partial charge in [-0.2, -0.15) is 5.10 Å². The first kappa shape index (κ1) is 21.2. The molecular formula is C23H21ClN2O4. The van der Waals surface area contributed by atoms with Gasteiger partial charge in [-0.1, -0.05) is 29.8 Å². The van der Waals surface area contributed by atoms with Gasteiger partial charge in [-0.25, -0.2) is 5.43 Å². The van der Waals surface area contributed by atoms with Crippen LogP contribution in [0.4, 0.5) is 0 Å². The fourth-order valence-corrected chi connectivity index (χ4v) is 2.82. The van der Waals surface area contributed by atoms with E-state index in [-0.39, 0.29) is 5.91 Å². The monoisotopic (exact) mass is 424 g/mol. The van der Waals surface area contributed by atoms with E-state index < -0.39 is 0 Å². The minimum absolute atomic E-state index is 0.355. The molecule has 30 heavy (non-hydrogen) atoms. The van der Waals surface area contributed by atoms with Gasteiger partial charge in [-0.05, 0) is 54.1 Å². The number of halogens is 1. The molecule has 0 fully saturated rings. The van der Waals surface area contributed by atoms with Gasteiger partial charge in [0.1, 0.15) is 12.4 Å². The SMILES string of the molecule is COc1ccc(C(=O)N/N=C\c2ccc(OCc3ccccc3Cl)cc2)cc1OC. The molecule has 6 nitrogen and oxygen atoms in total. The van der Waals surface area contributed by atoms with Gasteiger partial charge in [0.2, 0.25) is 0 Å². The molecule has 0 saturated carbocycles. The molecule has 154 valence electrons. The van der Waals surface area contributed by atoms with Gasteiger partial charge in [0.25, 0.3) is 5.91 Å². The number of carbonyl (C=O) groups is 1. The maximum absolute atomic E-state index is 12.3. The predicted molar refractivity (Wildman–Crippen MR) is 117 cm³/mol. The first-order chi connectivity index (χ1) is 14.6. The summed E-state index contributed by atoms with van der Waals surface area (Å²) in [6.45, 7) is 0.383. The lowest BCUT2D eigenvalue weighted by molar-refractivity contribution is 0.0954. The van der Waals surface area contributed by atoms with Gasteiger partial charge in [-0.15, -0.1) is 0 Å². The molecule has 0 aliphatic heterocycles. The minimum Gasteiger partial charge on any atom is -0.493 e. The number of hydrazone groups is 1. The van der Waals surface area contributed by atoms with Crippen molar-refractivity contribution in [2.45, 2.75) is 6.61 Å². The van der Waals surface area contributed by atoms with Crippen molar-refractivity contribution >= 4 is 23.7 Å². The van der Waals surface area contributed by atoms with Crippen LogP contribution in [0.25, 0.3) is 0 Å². The van der Waals surface area contributed by atoms with Gasteiger partial charge in [0, 0.05) is 16.1 Å². The maximum Gasteiger partial charge on any atom is 0.271 e. The molecule has 0 saturated heterocycles. The van der Waals surface area contributed by atoms with Crippen molar-refractivity contribution in [1.29, 1.82) is 0 Å². The molecule has 1 N–H and O–H groups in total. The summed E-state index contributed by atoms with van der Waals surface area (Å²) in [5, 5.41) is 4.67. The standard InChI is InChI=1S/C23H21ClN2O4/c1-28-21-12-9-17(13-22(21)29-2)23(27)26-25-14-16-7-10-19(11-8-16)30-15-18-5-3-4-6-20(18)24/h3-14H,15H2,1-2H3,(H,26,27)/b25-14-. The number of nitrogens with one attached hydrogen (secondary N) is 1. The Morgan fingerprint density at radius 2 is 1.73 bits per heavy atom. The third-order valence-corrected chi connectivity index (χ3v) is 4.63. The van der Waals surface area contributed by atoms with Crippen molar-refractivity contribution in [3.05, 3.63) is 88.4 Å². The molecule has 3 rings (SSSR count). The Morgan fingerprint density at radius 1 is 1.00 bits per heavy atom. The molecule has 0 aliphatic rings. The zero-order valence-electron chi connectivity index (χ0n) is 16.6. The van der Waals surface area contributed by atoms with Crippen molar-refractivity contribution in [3.63, 3.8) is 0 Å². The zero-order valence-corrected chi connectivity index (χ0v) is 17.3. The van der Waals surface area contributed by atoms with Crippen LogP contribution in [-0.2, 0) is 6.61 Å². The molecule has 0 aliphatic carbocycles. The summed E-state index contributed by atoms with van der Waals surface area (Å²) in [4.78, 5) is 12.3. The number of methoxy groups -OCH3 is 2. The maximum atomic E-state index is 12.3. The molecule has 0 heterocycles. The fourth-order valence-electron chi connectivity index (χ4n) is 2.63. The van der Waals surface area contributed by atoms with Gasteiger partial charge in [-0.3, -0.25) is 4.79 Å². The van der Waals surface area contributed by atoms with E-state index in [1.165, 1.54) is 14.2 Å². The number of hydrogen-bond donors (Lipinski definition) is 1. The zero-order chi connectivity index (χ0) is 21.3. The molecular weight excluding hydrogens is 404 g/mol. The summed E-state index contributed by atoms with van der Waals surface area (Å²) in [5.41, 5.74) is 4.63. The lowest BCUT2D eigenvalue weighted by Gasteiger charge is -2.08. The molecule has 0 bridgehead atoms. The Morgan fingerprint density at radius 3 is 2.43 bits per heavy atom. The van der Waals surface area contributed by atoms with Gasteiger partial charge >= 0.3 is 0 Å². The molecule has 1 amide bonds. The second kappa shape index (κ2) is 10.3. The van der Waals surface area contributed by atoms with E-state index >= 15 is 0 Å². The summed E-state index contributed by atoms with van der Waals surface area (Å²) in [7, 11) is 3.05. The summed E-state index contributed by atoms with van der Waals surface area (Å²) in [6, 6.07) is 19.8. The Labute approximate surface area is 180 Å². The van der Waals surface area contributed by atoms with Crippen LogP contribution in [0, 0.1) is 0 Å². The predicted octanol–water partition coefficient (Wildman–Crippen LogP) is 4.70. The molecule has 0 aromatic heterocycles. The van der Waals surface area contributed by atoms with Crippen LogP contribution in [0.2, 0.25) is 5.02 Å². The highest BCUT2D eigenvalue weighted by atomic mass is 35.5. The van der Waals surface area contributed by atoms with Crippen LogP contribution in [0.15, 0.2) is 71.8 Å². The van der Waals surface area contributed by atoms with E-state index in [0.717, 1.165) is 11.1 Å². The molecule has 0 spiro atoms. The number of hydrogen-bond acceptors (Lipinski definition) is 5. The Balaban J connectivity index is 1.55. The van der Waals surface area contributed by atoms with Crippen molar-refractivity contribution in [3.8, 4) is 17.2 Å². The molecule has 7 heteroatoms. The fraction of sp³-hybridized carbons (Fsp3) is 0.130. The van der Waals surface area contributed by atoms with E-state index in [1.807, 2.05) is 48.5 Å². The topological polar surface area (TPSA) is 69.2 Å². The van der Waals surface area contributed by atoms with Crippen LogP contribution in [0.3, 0.4) is 0 Å². The van der Waals surface area contributed by atoms with E-state index in [2.05, 4.69) is 10.5 Å². The second-order valence-corrected chi connectivity index (χ2v) is 6.63. The number of amides is 1. The normalized spacial score (nSPS) is 10.6. The average Bonchev–Trinajstić information content (AvgIpc) is 2.78. The smallest absolute Gasteiger partial charge is 0.271 e. The highest BCUT2D eigenvalue weighted by molar-refractivity contribution is 6.31. The van der Waals surface area contributed by atoms with Gasteiger partial charge < -0.3 is 14.2 Å². The molecule has 0 atom stereocenters. The number of nitrogens with zero attached hydrogens (tertiary/aromatic N) is 1. The third-order valence-electron chi connectivity index (χ3n) is 4.26. The second-order valence-electron chi connectivity index (χ2n) is 6.22. The molecule has 0 radical (unpaired) electrons. The number of carbonyl (C=O) groups excluding carboxylic acids is 1. The van der Waals surface area contributed by atoms with E-state index in [1.54, 1.807) is 24.4 Å². The lowest BCUT2D eigenvalue weighted by atomic mass is 10.2. The van der Waals surface area contributed by atoms with Crippen molar-refractivity contribution in [1.82, 2.24) is 5.43 Å². The van der Waals surface area contributed by atoms with Crippen LogP contribution in [-0.4, -0.2) is 26.3 Å². The van der Waals surface area contributed by atoms with Gasteiger partial charge in [0.05, 0.1) is 20.4 Å². The van der Waals surface area contributed by atoms with Crippen LogP contribution in [0.1, 0.15) is 21.5 Å². The summed E-state index contributed by atoms with van der Waals surface area (Å²) in [6.07, 6.45) is 1.55. The highest BCUT2D eigenvalue weighted by Crippen LogP contribution is 2.27. The van der Waals surface area contributed by atoms with Crippen molar-refractivity contribution in [2.24, 2.45) is 5.10 Å². The minimum atomic E-state index is -0.355. The van der Waals surface area contributed by atoms with E-state index in [4.69, 9.17) is 25.8 Å². The third kappa shape index (κ3) is 5.52. The highest BCUT2D eigenvalue weighted by Gasteiger charge is 2.10. The van der Waals surface area contributed by atoms with Crippen LogP contribution >= 0.6 is 11.6 Å². The Hall–Kier alpha value is -3.51. The quantitative estimate of drug-likeness (QED) is 0.420. The van der Waals surface area contributed by atoms with E-state index in [9.17, 15) is 4.79 Å². The van der Waals surface area contributed by atoms with Crippen LogP contribution < -0.4 is 19.6 Å². The first-order valence-corrected chi connectivity index (χ1v) is 9.50. The van der Waals surface area contributed by atoms with Crippen molar-refractivity contribution < 1.29 is 19.0 Å². The van der Waals surface area contributed by atoms with Gasteiger partial charge in [0.15, 0.2) is 11.5 Å². The van der Waals surface area contributed by atoms with Crippen molar-refractivity contribution in [2.75, 3.05) is 14.2 Å². The molecule has 3 aromatic rings. The Bertz CT molecular complexity index is 1040. The van der Waals surface area contributed by atoms with Crippen LogP contribution in [0.5, 0.6) is 17.2 Å². The largest absolute Gasteiger partial charge is 0.493 e. The summed E-state index contributed by atoms with van der Waals surface area (Å²) in [5.74, 6) is 1.38. The number of rotatable bonds is 8. The Kier molecular flexibility index (Phi) is 7.29. The van der Waals surface area contributed by atoms with E-state index in [0.29, 0.717) is 34.4 Å². The number of benzene rings is 3. The first-order valence-electron chi connectivity index (χ1n) is 9.12. The number of ether oxygens (including phenoxy) is 3.